The van der Waals surface area contributed by atoms with E-state index in [4.69, 9.17) is 4.74 Å². The molecule has 0 saturated heterocycles. The Kier molecular flexibility index (Phi) is 1.78. The Morgan fingerprint density at radius 2 is 2.00 bits per heavy atom. The summed E-state index contributed by atoms with van der Waals surface area (Å²) < 4.78 is 5.78. The second-order valence-electron chi connectivity index (χ2n) is 3.86. The van der Waals surface area contributed by atoms with Crippen molar-refractivity contribution < 1.29 is 4.74 Å². The third-order valence-electron chi connectivity index (χ3n) is 2.94. The summed E-state index contributed by atoms with van der Waals surface area (Å²) >= 11 is 0. The monoisotopic (exact) mass is 196 g/mol. The standard InChI is InChI=1S/C14H12O/c1-2-8-13-12(6-1)7-5-10-14(13)9-3-4-11-15-14/h1-6,8-11H,7H2. The molecule has 1 heterocycles. The summed E-state index contributed by atoms with van der Waals surface area (Å²) in [6.07, 6.45) is 13.1. The van der Waals surface area contributed by atoms with Crippen LogP contribution in [-0.2, 0) is 16.8 Å². The number of fused-ring (bicyclic) bond motifs is 2. The van der Waals surface area contributed by atoms with Crippen LogP contribution in [-0.4, -0.2) is 0 Å². The summed E-state index contributed by atoms with van der Waals surface area (Å²) in [6, 6.07) is 8.45. The van der Waals surface area contributed by atoms with Crippen molar-refractivity contribution in [3.63, 3.8) is 0 Å². The first kappa shape index (κ1) is 8.54. The van der Waals surface area contributed by atoms with Crippen LogP contribution < -0.4 is 0 Å². The van der Waals surface area contributed by atoms with Crippen molar-refractivity contribution >= 4 is 0 Å². The van der Waals surface area contributed by atoms with Crippen molar-refractivity contribution in [2.45, 2.75) is 12.0 Å². The van der Waals surface area contributed by atoms with Gasteiger partial charge < -0.3 is 4.74 Å². The Balaban J connectivity index is 2.17. The molecule has 2 aliphatic rings. The van der Waals surface area contributed by atoms with Crippen molar-refractivity contribution in [3.8, 4) is 0 Å². The van der Waals surface area contributed by atoms with Gasteiger partial charge in [-0.25, -0.2) is 0 Å². The Morgan fingerprint density at radius 3 is 2.87 bits per heavy atom. The van der Waals surface area contributed by atoms with Crippen molar-refractivity contribution in [1.82, 2.24) is 0 Å². The number of benzene rings is 1. The van der Waals surface area contributed by atoms with Gasteiger partial charge in [0.1, 0.15) is 0 Å². The van der Waals surface area contributed by atoms with Crippen LogP contribution in [0.3, 0.4) is 0 Å². The van der Waals surface area contributed by atoms with Gasteiger partial charge in [0.25, 0.3) is 0 Å². The van der Waals surface area contributed by atoms with Crippen LogP contribution in [0.25, 0.3) is 0 Å². The van der Waals surface area contributed by atoms with Crippen LogP contribution in [0.4, 0.5) is 0 Å². The van der Waals surface area contributed by atoms with E-state index in [0.29, 0.717) is 0 Å². The Bertz CT molecular complexity index is 468. The van der Waals surface area contributed by atoms with Gasteiger partial charge in [0.2, 0.25) is 0 Å². The van der Waals surface area contributed by atoms with Crippen molar-refractivity contribution in [1.29, 1.82) is 0 Å². The highest BCUT2D eigenvalue weighted by Crippen LogP contribution is 2.37. The minimum absolute atomic E-state index is 0.358. The summed E-state index contributed by atoms with van der Waals surface area (Å²) in [5.74, 6) is 0. The largest absolute Gasteiger partial charge is 0.482 e. The second kappa shape index (κ2) is 3.13. The molecule has 1 aliphatic heterocycles. The molecule has 3 rings (SSSR count). The zero-order chi connectivity index (χ0) is 10.1. The smallest absolute Gasteiger partial charge is 0.170 e. The molecule has 1 atom stereocenters. The molecule has 0 aromatic heterocycles. The van der Waals surface area contributed by atoms with Gasteiger partial charge in [0, 0.05) is 5.56 Å². The minimum atomic E-state index is -0.358. The topological polar surface area (TPSA) is 9.23 Å². The molecule has 1 aromatic rings. The minimum Gasteiger partial charge on any atom is -0.482 e. The Hall–Kier alpha value is -1.76. The van der Waals surface area contributed by atoms with Crippen molar-refractivity contribution in [2.75, 3.05) is 0 Å². The first-order valence-corrected chi connectivity index (χ1v) is 5.19. The molecule has 0 fully saturated rings. The van der Waals surface area contributed by atoms with Gasteiger partial charge in [-0.2, -0.15) is 0 Å². The summed E-state index contributed by atoms with van der Waals surface area (Å²) in [6.45, 7) is 0. The third-order valence-corrected chi connectivity index (χ3v) is 2.94. The van der Waals surface area contributed by atoms with Gasteiger partial charge in [0.05, 0.1) is 6.26 Å². The first-order valence-electron chi connectivity index (χ1n) is 5.19. The van der Waals surface area contributed by atoms with Gasteiger partial charge in [-0.05, 0) is 30.2 Å². The number of hydrogen-bond acceptors (Lipinski definition) is 1. The zero-order valence-electron chi connectivity index (χ0n) is 8.39. The van der Waals surface area contributed by atoms with Crippen molar-refractivity contribution in [3.05, 3.63) is 72.0 Å². The number of hydrogen-bond donors (Lipinski definition) is 0. The molecule has 0 saturated carbocycles. The molecular weight excluding hydrogens is 184 g/mol. The van der Waals surface area contributed by atoms with E-state index in [1.807, 2.05) is 12.2 Å². The summed E-state index contributed by atoms with van der Waals surface area (Å²) in [7, 11) is 0. The SMILES string of the molecule is C1=COC2(C=C1)C=CCc1ccccc12. The molecule has 1 heteroatoms. The molecule has 1 spiro atoms. The molecule has 1 aromatic carbocycles. The lowest BCUT2D eigenvalue weighted by atomic mass is 9.83. The third kappa shape index (κ3) is 1.23. The van der Waals surface area contributed by atoms with E-state index in [1.54, 1.807) is 6.26 Å². The van der Waals surface area contributed by atoms with E-state index in [9.17, 15) is 0 Å². The average molecular weight is 196 g/mol. The van der Waals surface area contributed by atoms with E-state index >= 15 is 0 Å². The molecule has 0 N–H and O–H groups in total. The zero-order valence-corrected chi connectivity index (χ0v) is 8.39. The van der Waals surface area contributed by atoms with E-state index in [1.165, 1.54) is 11.1 Å². The van der Waals surface area contributed by atoms with Crippen LogP contribution in [0.5, 0.6) is 0 Å². The van der Waals surface area contributed by atoms with E-state index in [-0.39, 0.29) is 5.60 Å². The maximum atomic E-state index is 5.78. The summed E-state index contributed by atoms with van der Waals surface area (Å²) in [5.41, 5.74) is 2.25. The molecule has 15 heavy (non-hydrogen) atoms. The van der Waals surface area contributed by atoms with Crippen LogP contribution in [0.2, 0.25) is 0 Å². The maximum absolute atomic E-state index is 5.78. The molecule has 1 nitrogen and oxygen atoms in total. The van der Waals surface area contributed by atoms with Gasteiger partial charge in [0.15, 0.2) is 5.60 Å². The molecule has 0 radical (unpaired) electrons. The quantitative estimate of drug-likeness (QED) is 0.579. The molecule has 1 unspecified atom stereocenters. The fraction of sp³-hybridized carbons (Fsp3) is 0.143. The molecular formula is C14H12O. The van der Waals surface area contributed by atoms with Gasteiger partial charge >= 0.3 is 0 Å². The van der Waals surface area contributed by atoms with Gasteiger partial charge in [-0.15, -0.1) is 0 Å². The first-order chi connectivity index (χ1) is 7.41. The lowest BCUT2D eigenvalue weighted by molar-refractivity contribution is 0.107. The second-order valence-corrected chi connectivity index (χ2v) is 3.86. The van der Waals surface area contributed by atoms with Crippen LogP contribution in [0, 0.1) is 0 Å². The highest BCUT2D eigenvalue weighted by Gasteiger charge is 2.32. The summed E-state index contributed by atoms with van der Waals surface area (Å²) in [4.78, 5) is 0. The normalized spacial score (nSPS) is 26.4. The van der Waals surface area contributed by atoms with Crippen molar-refractivity contribution in [2.24, 2.45) is 0 Å². The lowest BCUT2D eigenvalue weighted by Crippen LogP contribution is -2.27. The van der Waals surface area contributed by atoms with E-state index < -0.39 is 0 Å². The molecule has 0 amide bonds. The highest BCUT2D eigenvalue weighted by atomic mass is 16.5. The van der Waals surface area contributed by atoms with E-state index in [0.717, 1.165) is 6.42 Å². The highest BCUT2D eigenvalue weighted by molar-refractivity contribution is 5.45. The summed E-state index contributed by atoms with van der Waals surface area (Å²) in [5, 5.41) is 0. The lowest BCUT2D eigenvalue weighted by Gasteiger charge is -2.33. The predicted octanol–water partition coefficient (Wildman–Crippen LogP) is 3.09. The number of rotatable bonds is 0. The molecule has 1 aliphatic carbocycles. The van der Waals surface area contributed by atoms with Crippen LogP contribution in [0.15, 0.2) is 60.9 Å². The number of ether oxygens (including phenoxy) is 1. The fourth-order valence-electron chi connectivity index (χ4n) is 2.21. The van der Waals surface area contributed by atoms with Gasteiger partial charge in [-0.1, -0.05) is 36.4 Å². The average Bonchev–Trinajstić information content (AvgIpc) is 2.31. The predicted molar refractivity (Wildman–Crippen MR) is 60.3 cm³/mol. The number of allylic oxidation sites excluding steroid dienone is 3. The molecule has 0 bridgehead atoms. The Morgan fingerprint density at radius 1 is 1.07 bits per heavy atom. The fourth-order valence-corrected chi connectivity index (χ4v) is 2.21. The maximum Gasteiger partial charge on any atom is 0.170 e. The van der Waals surface area contributed by atoms with Gasteiger partial charge in [-0.3, -0.25) is 0 Å². The van der Waals surface area contributed by atoms with Crippen LogP contribution in [0.1, 0.15) is 11.1 Å². The molecule has 74 valence electrons. The van der Waals surface area contributed by atoms with E-state index in [2.05, 4.69) is 42.5 Å². The Labute approximate surface area is 89.4 Å². The van der Waals surface area contributed by atoms with Crippen LogP contribution >= 0.6 is 0 Å².